The molecular formula is C14H14O4. The summed E-state index contributed by atoms with van der Waals surface area (Å²) in [7, 11) is 1.48. The van der Waals surface area contributed by atoms with Gasteiger partial charge in [0.1, 0.15) is 6.29 Å². The summed E-state index contributed by atoms with van der Waals surface area (Å²) in [4.78, 5) is 21.7. The van der Waals surface area contributed by atoms with E-state index in [4.69, 9.17) is 9.47 Å². The monoisotopic (exact) mass is 246 g/mol. The van der Waals surface area contributed by atoms with Gasteiger partial charge in [-0.2, -0.15) is 0 Å². The van der Waals surface area contributed by atoms with Crippen molar-refractivity contribution in [2.45, 2.75) is 6.92 Å². The molecule has 0 bridgehead atoms. The fraction of sp³-hybridized carbons (Fsp3) is 0.143. The van der Waals surface area contributed by atoms with Crippen molar-refractivity contribution >= 4 is 18.3 Å². The van der Waals surface area contributed by atoms with Crippen LogP contribution in [-0.4, -0.2) is 19.4 Å². The van der Waals surface area contributed by atoms with Gasteiger partial charge in [-0.25, -0.2) is 4.79 Å². The van der Waals surface area contributed by atoms with Crippen molar-refractivity contribution in [1.29, 1.82) is 0 Å². The molecule has 1 rings (SSSR count). The zero-order valence-corrected chi connectivity index (χ0v) is 10.3. The van der Waals surface area contributed by atoms with Gasteiger partial charge in [-0.05, 0) is 30.7 Å². The minimum absolute atomic E-state index is 0.290. The van der Waals surface area contributed by atoms with E-state index in [-0.39, 0.29) is 0 Å². The highest BCUT2D eigenvalue weighted by Crippen LogP contribution is 2.29. The van der Waals surface area contributed by atoms with E-state index in [1.165, 1.54) is 13.2 Å². The molecule has 18 heavy (non-hydrogen) atoms. The van der Waals surface area contributed by atoms with Gasteiger partial charge in [-0.3, -0.25) is 4.79 Å². The van der Waals surface area contributed by atoms with Gasteiger partial charge in [0, 0.05) is 5.57 Å². The average Bonchev–Trinajstić information content (AvgIpc) is 2.36. The highest BCUT2D eigenvalue weighted by atomic mass is 16.6. The maximum atomic E-state index is 11.5. The van der Waals surface area contributed by atoms with Crippen molar-refractivity contribution < 1.29 is 19.1 Å². The summed E-state index contributed by atoms with van der Waals surface area (Å²) >= 11 is 0. The maximum absolute atomic E-state index is 11.5. The Kier molecular flexibility index (Phi) is 4.87. The second kappa shape index (κ2) is 6.39. The fourth-order valence-electron chi connectivity index (χ4n) is 1.21. The Bertz CT molecular complexity index is 501. The molecule has 1 aromatic carbocycles. The molecule has 0 atom stereocenters. The van der Waals surface area contributed by atoms with Gasteiger partial charge in [0.15, 0.2) is 11.5 Å². The van der Waals surface area contributed by atoms with Crippen LogP contribution in [0.2, 0.25) is 0 Å². The summed E-state index contributed by atoms with van der Waals surface area (Å²) in [5.74, 6) is 0.205. The second-order valence-corrected chi connectivity index (χ2v) is 3.58. The third-order valence-corrected chi connectivity index (χ3v) is 2.11. The van der Waals surface area contributed by atoms with Crippen LogP contribution >= 0.6 is 0 Å². The number of aldehydes is 1. The molecule has 1 aromatic rings. The molecule has 0 aromatic heterocycles. The van der Waals surface area contributed by atoms with Crippen LogP contribution in [0.5, 0.6) is 11.5 Å². The van der Waals surface area contributed by atoms with Crippen LogP contribution in [0.4, 0.5) is 0 Å². The molecule has 4 heteroatoms. The predicted molar refractivity (Wildman–Crippen MR) is 68.5 cm³/mol. The Hall–Kier alpha value is -2.36. The number of allylic oxidation sites excluding steroid dienone is 1. The lowest BCUT2D eigenvalue weighted by Gasteiger charge is -2.09. The van der Waals surface area contributed by atoms with Gasteiger partial charge >= 0.3 is 5.97 Å². The Balaban J connectivity index is 3.05. The van der Waals surface area contributed by atoms with Gasteiger partial charge in [0.05, 0.1) is 7.11 Å². The van der Waals surface area contributed by atoms with Crippen LogP contribution in [-0.2, 0) is 9.59 Å². The van der Waals surface area contributed by atoms with Gasteiger partial charge in [-0.1, -0.05) is 18.7 Å². The standard InChI is InChI=1S/C14H14O4/c1-10(2)14(16)18-13-9-11(5-4-8-15)6-7-12(13)17-3/h4-9H,1H2,2-3H3/b5-4+. The van der Waals surface area contributed by atoms with Crippen LogP contribution in [0.25, 0.3) is 6.08 Å². The van der Waals surface area contributed by atoms with E-state index in [2.05, 4.69) is 6.58 Å². The van der Waals surface area contributed by atoms with E-state index in [1.54, 1.807) is 31.2 Å². The average molecular weight is 246 g/mol. The Morgan fingerprint density at radius 1 is 1.33 bits per heavy atom. The number of benzene rings is 1. The molecule has 0 aliphatic rings. The molecule has 94 valence electrons. The third-order valence-electron chi connectivity index (χ3n) is 2.11. The van der Waals surface area contributed by atoms with Crippen LogP contribution in [0.1, 0.15) is 12.5 Å². The zero-order valence-electron chi connectivity index (χ0n) is 10.3. The van der Waals surface area contributed by atoms with Crippen molar-refractivity contribution in [2.75, 3.05) is 7.11 Å². The highest BCUT2D eigenvalue weighted by Gasteiger charge is 2.10. The van der Waals surface area contributed by atoms with E-state index in [0.717, 1.165) is 5.56 Å². The number of ether oxygens (including phenoxy) is 2. The number of hydrogen-bond donors (Lipinski definition) is 0. The van der Waals surface area contributed by atoms with Crippen molar-refractivity contribution in [2.24, 2.45) is 0 Å². The Labute approximate surface area is 106 Å². The van der Waals surface area contributed by atoms with Gasteiger partial charge in [0.25, 0.3) is 0 Å². The normalized spacial score (nSPS) is 10.1. The third kappa shape index (κ3) is 3.59. The summed E-state index contributed by atoms with van der Waals surface area (Å²) in [5, 5.41) is 0. The zero-order chi connectivity index (χ0) is 13.5. The maximum Gasteiger partial charge on any atom is 0.338 e. The number of hydrogen-bond acceptors (Lipinski definition) is 4. The van der Waals surface area contributed by atoms with E-state index < -0.39 is 5.97 Å². The molecule has 0 N–H and O–H groups in total. The predicted octanol–water partition coefficient (Wildman–Crippen LogP) is 2.39. The number of carbonyl (C=O) groups excluding carboxylic acids is 2. The molecule has 0 spiro atoms. The smallest absolute Gasteiger partial charge is 0.338 e. The second-order valence-electron chi connectivity index (χ2n) is 3.58. The highest BCUT2D eigenvalue weighted by molar-refractivity contribution is 5.89. The molecule has 0 heterocycles. The Morgan fingerprint density at radius 2 is 2.06 bits per heavy atom. The lowest BCUT2D eigenvalue weighted by Crippen LogP contribution is -2.09. The molecule has 4 nitrogen and oxygen atoms in total. The van der Waals surface area contributed by atoms with Crippen LogP contribution in [0.3, 0.4) is 0 Å². The first-order valence-electron chi connectivity index (χ1n) is 5.26. The summed E-state index contributed by atoms with van der Waals surface area (Å²) in [5.41, 5.74) is 1.03. The van der Waals surface area contributed by atoms with E-state index in [9.17, 15) is 9.59 Å². The van der Waals surface area contributed by atoms with Crippen LogP contribution in [0.15, 0.2) is 36.4 Å². The molecular weight excluding hydrogens is 232 g/mol. The Morgan fingerprint density at radius 3 is 2.61 bits per heavy atom. The molecule has 0 aliphatic heterocycles. The molecule has 0 saturated carbocycles. The lowest BCUT2D eigenvalue weighted by atomic mass is 10.2. The van der Waals surface area contributed by atoms with Crippen LogP contribution in [0, 0.1) is 0 Å². The van der Waals surface area contributed by atoms with Gasteiger partial charge in [0.2, 0.25) is 0 Å². The van der Waals surface area contributed by atoms with Gasteiger partial charge < -0.3 is 9.47 Å². The fourth-order valence-corrected chi connectivity index (χ4v) is 1.21. The number of methoxy groups -OCH3 is 1. The number of rotatable bonds is 5. The van der Waals surface area contributed by atoms with Gasteiger partial charge in [-0.15, -0.1) is 0 Å². The molecule has 0 aliphatic carbocycles. The van der Waals surface area contributed by atoms with E-state index >= 15 is 0 Å². The van der Waals surface area contributed by atoms with Crippen molar-refractivity contribution in [1.82, 2.24) is 0 Å². The molecule has 0 radical (unpaired) electrons. The largest absolute Gasteiger partial charge is 0.493 e. The molecule has 0 fully saturated rings. The van der Waals surface area contributed by atoms with Crippen molar-refractivity contribution in [3.63, 3.8) is 0 Å². The van der Waals surface area contributed by atoms with Crippen LogP contribution < -0.4 is 9.47 Å². The molecule has 0 saturated heterocycles. The summed E-state index contributed by atoms with van der Waals surface area (Å²) < 4.78 is 10.2. The number of carbonyl (C=O) groups is 2. The minimum Gasteiger partial charge on any atom is -0.493 e. The lowest BCUT2D eigenvalue weighted by molar-refractivity contribution is -0.130. The molecule has 0 unspecified atom stereocenters. The van der Waals surface area contributed by atoms with E-state index in [0.29, 0.717) is 23.4 Å². The first-order chi connectivity index (χ1) is 8.58. The topological polar surface area (TPSA) is 52.6 Å². The molecule has 0 amide bonds. The van der Waals surface area contributed by atoms with E-state index in [1.807, 2.05) is 0 Å². The summed E-state index contributed by atoms with van der Waals surface area (Å²) in [6.45, 7) is 5.06. The minimum atomic E-state index is -0.523. The summed E-state index contributed by atoms with van der Waals surface area (Å²) in [6.07, 6.45) is 3.63. The summed E-state index contributed by atoms with van der Waals surface area (Å²) in [6, 6.07) is 5.02. The first kappa shape index (κ1) is 13.7. The SMILES string of the molecule is C=C(C)C(=O)Oc1cc(/C=C/C=O)ccc1OC. The quantitative estimate of drug-likeness (QED) is 0.346. The number of esters is 1. The first-order valence-corrected chi connectivity index (χ1v) is 5.26. The van der Waals surface area contributed by atoms with Crippen molar-refractivity contribution in [3.05, 3.63) is 42.0 Å². The van der Waals surface area contributed by atoms with Crippen molar-refractivity contribution in [3.8, 4) is 11.5 Å².